The molecule has 1 aliphatic rings. The molecule has 1 amide bonds. The van der Waals surface area contributed by atoms with Gasteiger partial charge in [-0.2, -0.15) is 0 Å². The summed E-state index contributed by atoms with van der Waals surface area (Å²) in [6.45, 7) is 4.90. The first kappa shape index (κ1) is 16.6. The van der Waals surface area contributed by atoms with Gasteiger partial charge in [0.2, 0.25) is 0 Å². The molecule has 7 heteroatoms. The minimum Gasteiger partial charge on any atom is -0.465 e. The van der Waals surface area contributed by atoms with Crippen molar-refractivity contribution in [2.24, 2.45) is 0 Å². The number of anilines is 1. The Kier molecular flexibility index (Phi) is 5.28. The smallest absolute Gasteiger partial charge is 0.407 e. The fourth-order valence-electron chi connectivity index (χ4n) is 2.52. The van der Waals surface area contributed by atoms with E-state index in [4.69, 9.17) is 9.84 Å². The normalized spacial score (nSPS) is 17.4. The summed E-state index contributed by atoms with van der Waals surface area (Å²) in [5.74, 6) is -0.358. The molecule has 1 saturated heterocycles. The average molecular weight is 371 g/mol. The van der Waals surface area contributed by atoms with Gasteiger partial charge in [0.15, 0.2) is 0 Å². The molecule has 1 aromatic carbocycles. The molecular formula is C15H19BrN2O4. The van der Waals surface area contributed by atoms with Crippen LogP contribution < -0.4 is 5.32 Å². The van der Waals surface area contributed by atoms with E-state index in [0.717, 1.165) is 22.1 Å². The van der Waals surface area contributed by atoms with Gasteiger partial charge in [-0.15, -0.1) is 0 Å². The molecule has 0 aliphatic carbocycles. The van der Waals surface area contributed by atoms with Gasteiger partial charge in [0.1, 0.15) is 0 Å². The zero-order chi connectivity index (χ0) is 16.3. The van der Waals surface area contributed by atoms with E-state index in [0.29, 0.717) is 25.3 Å². The summed E-state index contributed by atoms with van der Waals surface area (Å²) in [5, 5.41) is 12.3. The molecule has 2 N–H and O–H groups in total. The first-order valence-electron chi connectivity index (χ1n) is 7.14. The van der Waals surface area contributed by atoms with Crippen LogP contribution in [0, 0.1) is 6.92 Å². The zero-order valence-corrected chi connectivity index (χ0v) is 14.1. The Morgan fingerprint density at radius 1 is 1.50 bits per heavy atom. The first-order chi connectivity index (χ1) is 10.4. The van der Waals surface area contributed by atoms with Crippen LogP contribution in [-0.4, -0.2) is 47.8 Å². The fraction of sp³-hybridized carbons (Fsp3) is 0.467. The van der Waals surface area contributed by atoms with Crippen molar-refractivity contribution in [2.75, 3.05) is 25.0 Å². The van der Waals surface area contributed by atoms with Gasteiger partial charge < -0.3 is 20.1 Å². The predicted octanol–water partition coefficient (Wildman–Crippen LogP) is 3.10. The second-order valence-electron chi connectivity index (χ2n) is 5.20. The number of carbonyl (C=O) groups is 2. The minimum absolute atomic E-state index is 0.0409. The summed E-state index contributed by atoms with van der Waals surface area (Å²) < 4.78 is 5.84. The fourth-order valence-corrected chi connectivity index (χ4v) is 2.98. The maximum atomic E-state index is 12.0. The maximum absolute atomic E-state index is 12.0. The number of esters is 1. The van der Waals surface area contributed by atoms with Crippen molar-refractivity contribution >= 4 is 33.7 Å². The van der Waals surface area contributed by atoms with Gasteiger partial charge in [0, 0.05) is 29.3 Å². The SMILES string of the molecule is CCOC(=O)c1cc(Br)cc(NC2CCN(C(=O)O)C2)c1C. The third-order valence-corrected chi connectivity index (χ3v) is 4.14. The Morgan fingerprint density at radius 3 is 2.82 bits per heavy atom. The zero-order valence-electron chi connectivity index (χ0n) is 12.6. The van der Waals surface area contributed by atoms with E-state index < -0.39 is 6.09 Å². The molecular weight excluding hydrogens is 352 g/mol. The summed E-state index contributed by atoms with van der Waals surface area (Å²) in [4.78, 5) is 24.3. The van der Waals surface area contributed by atoms with Crippen LogP contribution in [0.4, 0.5) is 10.5 Å². The Balaban J connectivity index is 2.18. The maximum Gasteiger partial charge on any atom is 0.407 e. The van der Waals surface area contributed by atoms with Crippen molar-refractivity contribution in [3.63, 3.8) is 0 Å². The number of nitrogens with zero attached hydrogens (tertiary/aromatic N) is 1. The summed E-state index contributed by atoms with van der Waals surface area (Å²) in [5.41, 5.74) is 2.12. The monoisotopic (exact) mass is 370 g/mol. The van der Waals surface area contributed by atoms with E-state index in [9.17, 15) is 9.59 Å². The largest absolute Gasteiger partial charge is 0.465 e. The van der Waals surface area contributed by atoms with Gasteiger partial charge in [0.25, 0.3) is 0 Å². The van der Waals surface area contributed by atoms with Crippen LogP contribution in [0.5, 0.6) is 0 Å². The number of ether oxygens (including phenoxy) is 1. The van der Waals surface area contributed by atoms with Crippen LogP contribution in [0.2, 0.25) is 0 Å². The number of nitrogens with one attached hydrogen (secondary N) is 1. The van der Waals surface area contributed by atoms with Crippen LogP contribution in [0.25, 0.3) is 0 Å². The van der Waals surface area contributed by atoms with Gasteiger partial charge in [0.05, 0.1) is 12.2 Å². The van der Waals surface area contributed by atoms with E-state index >= 15 is 0 Å². The molecule has 1 unspecified atom stereocenters. The summed E-state index contributed by atoms with van der Waals surface area (Å²) >= 11 is 3.40. The van der Waals surface area contributed by atoms with Crippen LogP contribution >= 0.6 is 15.9 Å². The van der Waals surface area contributed by atoms with Gasteiger partial charge >= 0.3 is 12.1 Å². The van der Waals surface area contributed by atoms with Gasteiger partial charge in [-0.25, -0.2) is 9.59 Å². The minimum atomic E-state index is -0.900. The molecule has 22 heavy (non-hydrogen) atoms. The molecule has 1 aromatic rings. The molecule has 120 valence electrons. The number of carboxylic acid groups (broad SMARTS) is 1. The molecule has 1 aliphatic heterocycles. The van der Waals surface area contributed by atoms with Gasteiger partial charge in [-0.3, -0.25) is 0 Å². The summed E-state index contributed by atoms with van der Waals surface area (Å²) in [7, 11) is 0. The number of likely N-dealkylation sites (tertiary alicyclic amines) is 1. The molecule has 1 fully saturated rings. The number of hydrogen-bond acceptors (Lipinski definition) is 4. The number of amides is 1. The van der Waals surface area contributed by atoms with Crippen LogP contribution in [0.3, 0.4) is 0 Å². The molecule has 0 saturated carbocycles. The summed E-state index contributed by atoms with van der Waals surface area (Å²) in [6.07, 6.45) is -0.157. The third-order valence-electron chi connectivity index (χ3n) is 3.69. The molecule has 0 aromatic heterocycles. The highest BCUT2D eigenvalue weighted by Gasteiger charge is 2.26. The number of benzene rings is 1. The Hall–Kier alpha value is -1.76. The van der Waals surface area contributed by atoms with Crippen LogP contribution in [0.15, 0.2) is 16.6 Å². The molecule has 0 bridgehead atoms. The van der Waals surface area contributed by atoms with E-state index in [-0.39, 0.29) is 12.0 Å². The standard InChI is InChI=1S/C15H19BrN2O4/c1-3-22-14(19)12-6-10(16)7-13(9(12)2)17-11-4-5-18(8-11)15(20)21/h6-7,11,17H,3-5,8H2,1-2H3,(H,20,21). The Bertz CT molecular complexity index is 591. The Labute approximate surface area is 137 Å². The highest BCUT2D eigenvalue weighted by atomic mass is 79.9. The summed E-state index contributed by atoms with van der Waals surface area (Å²) in [6, 6.07) is 3.66. The van der Waals surface area contributed by atoms with Crippen molar-refractivity contribution in [3.05, 3.63) is 27.7 Å². The van der Waals surface area contributed by atoms with E-state index in [2.05, 4.69) is 21.2 Å². The van der Waals surface area contributed by atoms with Gasteiger partial charge in [-0.1, -0.05) is 15.9 Å². The molecule has 1 heterocycles. The number of halogens is 1. The van der Waals surface area contributed by atoms with Crippen LogP contribution in [0.1, 0.15) is 29.3 Å². The second-order valence-corrected chi connectivity index (χ2v) is 6.12. The molecule has 1 atom stereocenters. The van der Waals surface area contributed by atoms with E-state index in [1.54, 1.807) is 13.0 Å². The van der Waals surface area contributed by atoms with Crippen molar-refractivity contribution in [2.45, 2.75) is 26.3 Å². The third kappa shape index (κ3) is 3.71. The van der Waals surface area contributed by atoms with E-state index in [1.165, 1.54) is 4.90 Å². The predicted molar refractivity (Wildman–Crippen MR) is 86.5 cm³/mol. The van der Waals surface area contributed by atoms with Crippen molar-refractivity contribution in [3.8, 4) is 0 Å². The van der Waals surface area contributed by atoms with Crippen LogP contribution in [-0.2, 0) is 4.74 Å². The average Bonchev–Trinajstić information content (AvgIpc) is 2.91. The molecule has 0 radical (unpaired) electrons. The first-order valence-corrected chi connectivity index (χ1v) is 7.93. The van der Waals surface area contributed by atoms with E-state index in [1.807, 2.05) is 13.0 Å². The second kappa shape index (κ2) is 7.00. The topological polar surface area (TPSA) is 78.9 Å². The lowest BCUT2D eigenvalue weighted by Crippen LogP contribution is -2.30. The lowest BCUT2D eigenvalue weighted by molar-refractivity contribution is 0.0525. The number of carbonyl (C=O) groups excluding carboxylic acids is 1. The molecule has 0 spiro atoms. The lowest BCUT2D eigenvalue weighted by Gasteiger charge is -2.18. The Morgan fingerprint density at radius 2 is 2.23 bits per heavy atom. The van der Waals surface area contributed by atoms with Crippen molar-refractivity contribution in [1.82, 2.24) is 4.90 Å². The number of hydrogen-bond donors (Lipinski definition) is 2. The van der Waals surface area contributed by atoms with Crippen molar-refractivity contribution < 1.29 is 19.4 Å². The highest BCUT2D eigenvalue weighted by Crippen LogP contribution is 2.27. The molecule has 2 rings (SSSR count). The van der Waals surface area contributed by atoms with Gasteiger partial charge in [-0.05, 0) is 38.0 Å². The highest BCUT2D eigenvalue weighted by molar-refractivity contribution is 9.10. The quantitative estimate of drug-likeness (QED) is 0.796. The van der Waals surface area contributed by atoms with Crippen molar-refractivity contribution in [1.29, 1.82) is 0 Å². The number of rotatable bonds is 4. The lowest BCUT2D eigenvalue weighted by atomic mass is 10.1. The molecule has 6 nitrogen and oxygen atoms in total.